The van der Waals surface area contributed by atoms with Crippen molar-refractivity contribution < 1.29 is 4.79 Å². The normalized spacial score (nSPS) is 14.4. The van der Waals surface area contributed by atoms with Gasteiger partial charge in [0.2, 0.25) is 0 Å². The van der Waals surface area contributed by atoms with Gasteiger partial charge in [0.1, 0.15) is 0 Å². The van der Waals surface area contributed by atoms with E-state index in [0.29, 0.717) is 15.3 Å². The fraction of sp³-hybridized carbons (Fsp3) is 0.273. The van der Waals surface area contributed by atoms with Crippen LogP contribution in [0.4, 0.5) is 5.13 Å². The number of hydrogen-bond donors (Lipinski definition) is 1. The standard InChI is InChI=1S/C22H22N2OS3/c1-13-10-14(2)19(15(3)11-13)18-12-28-22(23-18)24-20(25)16-4-6-17(7-5-16)21-26-8-9-27-21/h4-7,10-12,21H,8-9H2,1-3H3,(H,23,24,25). The van der Waals surface area contributed by atoms with Gasteiger partial charge in [-0.25, -0.2) is 4.98 Å². The third kappa shape index (κ3) is 4.14. The monoisotopic (exact) mass is 426 g/mol. The molecule has 1 aliphatic rings. The number of amides is 1. The van der Waals surface area contributed by atoms with Gasteiger partial charge in [0.25, 0.3) is 5.91 Å². The fourth-order valence-electron chi connectivity index (χ4n) is 3.54. The van der Waals surface area contributed by atoms with Gasteiger partial charge in [-0.1, -0.05) is 29.8 Å². The molecule has 1 saturated heterocycles. The first-order valence-electron chi connectivity index (χ1n) is 9.19. The van der Waals surface area contributed by atoms with Gasteiger partial charge >= 0.3 is 0 Å². The SMILES string of the molecule is Cc1cc(C)c(-c2csc(NC(=O)c3ccc(C4SCCS4)cc3)n2)c(C)c1. The van der Waals surface area contributed by atoms with Gasteiger partial charge in [-0.2, -0.15) is 0 Å². The number of rotatable bonds is 4. The van der Waals surface area contributed by atoms with E-state index in [-0.39, 0.29) is 5.91 Å². The number of anilines is 1. The van der Waals surface area contributed by atoms with Gasteiger partial charge in [-0.3, -0.25) is 10.1 Å². The van der Waals surface area contributed by atoms with Crippen LogP contribution >= 0.6 is 34.9 Å². The summed E-state index contributed by atoms with van der Waals surface area (Å²) < 4.78 is 0.500. The number of hydrogen-bond acceptors (Lipinski definition) is 5. The third-order valence-electron chi connectivity index (χ3n) is 4.72. The second-order valence-corrected chi connectivity index (χ2v) is 10.5. The lowest BCUT2D eigenvalue weighted by Crippen LogP contribution is -2.11. The molecule has 0 aliphatic carbocycles. The molecule has 3 aromatic rings. The summed E-state index contributed by atoms with van der Waals surface area (Å²) in [7, 11) is 0. The molecular weight excluding hydrogens is 404 g/mol. The topological polar surface area (TPSA) is 42.0 Å². The molecular formula is C22H22N2OS3. The van der Waals surface area contributed by atoms with E-state index < -0.39 is 0 Å². The van der Waals surface area contributed by atoms with E-state index in [4.69, 9.17) is 0 Å². The van der Waals surface area contributed by atoms with Crippen molar-refractivity contribution in [1.82, 2.24) is 4.98 Å². The van der Waals surface area contributed by atoms with Crippen molar-refractivity contribution in [3.05, 3.63) is 69.6 Å². The zero-order valence-corrected chi connectivity index (χ0v) is 18.6. The summed E-state index contributed by atoms with van der Waals surface area (Å²) >= 11 is 5.40. The van der Waals surface area contributed by atoms with Crippen molar-refractivity contribution in [1.29, 1.82) is 0 Å². The minimum Gasteiger partial charge on any atom is -0.298 e. The molecule has 0 radical (unpaired) electrons. The Bertz CT molecular complexity index is 982. The van der Waals surface area contributed by atoms with Crippen molar-refractivity contribution in [2.75, 3.05) is 16.8 Å². The summed E-state index contributed by atoms with van der Waals surface area (Å²) in [5.74, 6) is 2.28. The Labute approximate surface area is 178 Å². The first kappa shape index (κ1) is 19.6. The number of thioether (sulfide) groups is 2. The zero-order valence-electron chi connectivity index (χ0n) is 16.1. The van der Waals surface area contributed by atoms with Gasteiger partial charge in [-0.15, -0.1) is 34.9 Å². The minimum atomic E-state index is -0.114. The molecule has 0 atom stereocenters. The largest absolute Gasteiger partial charge is 0.298 e. The highest BCUT2D eigenvalue weighted by Gasteiger charge is 2.19. The maximum absolute atomic E-state index is 12.6. The van der Waals surface area contributed by atoms with E-state index in [1.807, 2.05) is 41.0 Å². The highest BCUT2D eigenvalue weighted by Crippen LogP contribution is 2.45. The molecule has 6 heteroatoms. The molecule has 1 fully saturated rings. The maximum atomic E-state index is 12.6. The van der Waals surface area contributed by atoms with Gasteiger partial charge in [0, 0.05) is 28.0 Å². The van der Waals surface area contributed by atoms with Crippen molar-refractivity contribution in [3.8, 4) is 11.3 Å². The molecule has 0 unspecified atom stereocenters. The maximum Gasteiger partial charge on any atom is 0.257 e. The Morgan fingerprint density at radius 1 is 1.04 bits per heavy atom. The minimum absolute atomic E-state index is 0.114. The van der Waals surface area contributed by atoms with Crippen LogP contribution in [0.3, 0.4) is 0 Å². The van der Waals surface area contributed by atoms with Crippen LogP contribution in [0, 0.1) is 20.8 Å². The Hall–Kier alpha value is -1.76. The summed E-state index contributed by atoms with van der Waals surface area (Å²) in [6.07, 6.45) is 0. The number of nitrogens with zero attached hydrogens (tertiary/aromatic N) is 1. The van der Waals surface area contributed by atoms with Crippen molar-refractivity contribution in [2.45, 2.75) is 25.4 Å². The summed E-state index contributed by atoms with van der Waals surface area (Å²) in [6, 6.07) is 12.3. The van der Waals surface area contributed by atoms with Gasteiger partial charge in [0.15, 0.2) is 5.13 Å². The van der Waals surface area contributed by atoms with Crippen LogP contribution in [0.15, 0.2) is 41.8 Å². The highest BCUT2D eigenvalue weighted by molar-refractivity contribution is 8.19. The first-order valence-corrected chi connectivity index (χ1v) is 12.2. The molecule has 2 heterocycles. The van der Waals surface area contributed by atoms with E-state index in [9.17, 15) is 4.79 Å². The van der Waals surface area contributed by atoms with Crippen LogP contribution in [0.1, 0.15) is 37.2 Å². The Balaban J connectivity index is 1.49. The highest BCUT2D eigenvalue weighted by atomic mass is 32.2. The van der Waals surface area contributed by atoms with E-state index in [0.717, 1.165) is 11.3 Å². The van der Waals surface area contributed by atoms with Crippen LogP contribution < -0.4 is 5.32 Å². The van der Waals surface area contributed by atoms with Crippen LogP contribution in [-0.4, -0.2) is 22.4 Å². The first-order chi connectivity index (χ1) is 13.5. The molecule has 1 aliphatic heterocycles. The molecule has 1 amide bonds. The lowest BCUT2D eigenvalue weighted by Gasteiger charge is -2.09. The zero-order chi connectivity index (χ0) is 19.7. The number of nitrogens with one attached hydrogen (secondary N) is 1. The number of thiazole rings is 1. The molecule has 0 saturated carbocycles. The Morgan fingerprint density at radius 2 is 1.68 bits per heavy atom. The summed E-state index contributed by atoms with van der Waals surface area (Å²) in [5.41, 5.74) is 7.68. The van der Waals surface area contributed by atoms with E-state index in [1.54, 1.807) is 0 Å². The van der Waals surface area contributed by atoms with Crippen LogP contribution in [-0.2, 0) is 0 Å². The molecule has 0 spiro atoms. The molecule has 1 aromatic heterocycles. The average Bonchev–Trinajstić information content (AvgIpc) is 3.33. The smallest absolute Gasteiger partial charge is 0.257 e. The van der Waals surface area contributed by atoms with Gasteiger partial charge in [0.05, 0.1) is 10.3 Å². The number of benzene rings is 2. The summed E-state index contributed by atoms with van der Waals surface area (Å²) in [5, 5.41) is 5.59. The third-order valence-corrected chi connectivity index (χ3v) is 8.59. The molecule has 2 aromatic carbocycles. The quantitative estimate of drug-likeness (QED) is 0.519. The number of aromatic nitrogens is 1. The fourth-order valence-corrected chi connectivity index (χ4v) is 7.10. The molecule has 1 N–H and O–H groups in total. The van der Waals surface area contributed by atoms with Crippen molar-refractivity contribution in [3.63, 3.8) is 0 Å². The summed E-state index contributed by atoms with van der Waals surface area (Å²) in [6.45, 7) is 6.32. The number of aryl methyl sites for hydroxylation is 3. The predicted octanol–water partition coefficient (Wildman–Crippen LogP) is 6.47. The second-order valence-electron chi connectivity index (χ2n) is 6.96. The predicted molar refractivity (Wildman–Crippen MR) is 124 cm³/mol. The van der Waals surface area contributed by atoms with Crippen LogP contribution in [0.25, 0.3) is 11.3 Å². The Morgan fingerprint density at radius 3 is 2.32 bits per heavy atom. The molecule has 4 rings (SSSR count). The van der Waals surface area contributed by atoms with Crippen molar-refractivity contribution >= 4 is 45.9 Å². The molecule has 3 nitrogen and oxygen atoms in total. The lowest BCUT2D eigenvalue weighted by atomic mass is 9.98. The van der Waals surface area contributed by atoms with Crippen molar-refractivity contribution in [2.24, 2.45) is 0 Å². The van der Waals surface area contributed by atoms with Crippen LogP contribution in [0.5, 0.6) is 0 Å². The summed E-state index contributed by atoms with van der Waals surface area (Å²) in [4.78, 5) is 17.3. The number of carbonyl (C=O) groups is 1. The lowest BCUT2D eigenvalue weighted by molar-refractivity contribution is 0.102. The van der Waals surface area contributed by atoms with Gasteiger partial charge < -0.3 is 0 Å². The Kier molecular flexibility index (Phi) is 5.80. The average molecular weight is 427 g/mol. The molecule has 0 bridgehead atoms. The van der Waals surface area contributed by atoms with E-state index in [1.165, 1.54) is 45.1 Å². The van der Waals surface area contributed by atoms with Gasteiger partial charge in [-0.05, 0) is 49.6 Å². The second kappa shape index (κ2) is 8.31. The van der Waals surface area contributed by atoms with E-state index in [2.05, 4.69) is 55.3 Å². The molecule has 144 valence electrons. The molecule has 28 heavy (non-hydrogen) atoms. The van der Waals surface area contributed by atoms with Crippen LogP contribution in [0.2, 0.25) is 0 Å². The van der Waals surface area contributed by atoms with E-state index >= 15 is 0 Å². The number of carbonyl (C=O) groups excluding carboxylic acids is 1.